The Labute approximate surface area is 162 Å². The van der Waals surface area contributed by atoms with Crippen LogP contribution in [0.1, 0.15) is 51.5 Å². The van der Waals surface area contributed by atoms with E-state index in [-0.39, 0.29) is 36.0 Å². The Morgan fingerprint density at radius 1 is 1.23 bits per heavy atom. The smallest absolute Gasteiger partial charge is 0.291 e. The Balaban J connectivity index is 0.00000196. The lowest BCUT2D eigenvalue weighted by atomic mass is 10.00. The molecule has 2 saturated heterocycles. The van der Waals surface area contributed by atoms with Gasteiger partial charge in [0.05, 0.1) is 16.1 Å². The lowest BCUT2D eigenvalue weighted by molar-refractivity contribution is 0.0926. The molecule has 2 amide bonds. The molecule has 0 aliphatic carbocycles. The highest BCUT2D eigenvalue weighted by atomic mass is 35.5. The van der Waals surface area contributed by atoms with Gasteiger partial charge in [-0.05, 0) is 56.4 Å². The molecule has 2 fully saturated rings. The zero-order valence-corrected chi connectivity index (χ0v) is 16.0. The van der Waals surface area contributed by atoms with Gasteiger partial charge in [-0.25, -0.2) is 0 Å². The predicted molar refractivity (Wildman–Crippen MR) is 103 cm³/mol. The summed E-state index contributed by atoms with van der Waals surface area (Å²) in [6.07, 6.45) is 5.86. The summed E-state index contributed by atoms with van der Waals surface area (Å²) in [4.78, 5) is 25.4. The van der Waals surface area contributed by atoms with Crippen LogP contribution in [-0.4, -0.2) is 29.9 Å². The summed E-state index contributed by atoms with van der Waals surface area (Å²) in [5.41, 5.74) is 0.870. The Morgan fingerprint density at radius 3 is 2.62 bits per heavy atom. The van der Waals surface area contributed by atoms with Crippen molar-refractivity contribution in [1.82, 2.24) is 10.6 Å². The molecule has 2 atom stereocenters. The molecular formula is C18H22ClN3O3S. The normalized spacial score (nSPS) is 24.0. The first-order chi connectivity index (χ1) is 12.1. The molecule has 8 heteroatoms. The molecule has 0 aromatic carbocycles. The number of piperidine rings is 1. The Morgan fingerprint density at radius 2 is 1.96 bits per heavy atom. The van der Waals surface area contributed by atoms with E-state index in [1.165, 1.54) is 30.4 Å². The van der Waals surface area contributed by atoms with Gasteiger partial charge in [-0.2, -0.15) is 0 Å². The van der Waals surface area contributed by atoms with Crippen molar-refractivity contribution in [3.8, 4) is 0 Å². The third-order valence-electron chi connectivity index (χ3n) is 4.91. The van der Waals surface area contributed by atoms with Crippen molar-refractivity contribution in [2.45, 2.75) is 50.7 Å². The van der Waals surface area contributed by atoms with Gasteiger partial charge in [-0.3, -0.25) is 9.59 Å². The molecule has 2 aliphatic rings. The molecule has 2 aromatic rings. The zero-order valence-electron chi connectivity index (χ0n) is 14.4. The fraction of sp³-hybridized carbons (Fsp3) is 0.444. The maximum atomic E-state index is 12.6. The predicted octanol–water partition coefficient (Wildman–Crippen LogP) is 3.34. The first-order valence-corrected chi connectivity index (χ1v) is 9.42. The lowest BCUT2D eigenvalue weighted by Crippen LogP contribution is -2.47. The lowest BCUT2D eigenvalue weighted by Gasteiger charge is -2.29. The fourth-order valence-electron chi connectivity index (χ4n) is 3.78. The van der Waals surface area contributed by atoms with Crippen molar-refractivity contribution in [2.24, 2.45) is 0 Å². The monoisotopic (exact) mass is 395 g/mol. The van der Waals surface area contributed by atoms with Crippen LogP contribution >= 0.6 is 23.7 Å². The van der Waals surface area contributed by atoms with Gasteiger partial charge in [0.25, 0.3) is 11.8 Å². The minimum atomic E-state index is -0.312. The number of hydrogen-bond donors (Lipinski definition) is 3. The molecular weight excluding hydrogens is 374 g/mol. The van der Waals surface area contributed by atoms with Crippen LogP contribution in [0.4, 0.5) is 5.00 Å². The van der Waals surface area contributed by atoms with Crippen molar-refractivity contribution in [2.75, 3.05) is 5.32 Å². The van der Waals surface area contributed by atoms with Crippen LogP contribution in [0.25, 0.3) is 0 Å². The number of amides is 2. The van der Waals surface area contributed by atoms with E-state index in [0.717, 1.165) is 18.4 Å². The molecule has 140 valence electrons. The number of rotatable bonds is 4. The van der Waals surface area contributed by atoms with Gasteiger partial charge in [-0.1, -0.05) is 0 Å². The minimum Gasteiger partial charge on any atom is -0.459 e. The van der Waals surface area contributed by atoms with Crippen molar-refractivity contribution in [3.63, 3.8) is 0 Å². The van der Waals surface area contributed by atoms with Crippen molar-refractivity contribution < 1.29 is 14.0 Å². The van der Waals surface area contributed by atoms with Gasteiger partial charge >= 0.3 is 0 Å². The topological polar surface area (TPSA) is 83.4 Å². The van der Waals surface area contributed by atoms with Gasteiger partial charge in [0.15, 0.2) is 5.76 Å². The van der Waals surface area contributed by atoms with E-state index in [1.807, 2.05) is 13.0 Å². The number of furan rings is 1. The summed E-state index contributed by atoms with van der Waals surface area (Å²) in [6.45, 7) is 1.89. The van der Waals surface area contributed by atoms with Crippen molar-refractivity contribution in [1.29, 1.82) is 0 Å². The molecule has 26 heavy (non-hydrogen) atoms. The maximum Gasteiger partial charge on any atom is 0.291 e. The number of hydrogen-bond acceptors (Lipinski definition) is 5. The van der Waals surface area contributed by atoms with Gasteiger partial charge in [0.2, 0.25) is 0 Å². The number of carbonyl (C=O) groups excluding carboxylic acids is 2. The molecule has 2 unspecified atom stereocenters. The molecule has 0 saturated carbocycles. The number of aryl methyl sites for hydroxylation is 1. The summed E-state index contributed by atoms with van der Waals surface area (Å²) < 4.78 is 5.09. The Bertz CT molecular complexity index is 778. The molecule has 2 bridgehead atoms. The van der Waals surface area contributed by atoms with Gasteiger partial charge in [0.1, 0.15) is 0 Å². The molecule has 3 N–H and O–H groups in total. The number of thiophene rings is 1. The summed E-state index contributed by atoms with van der Waals surface area (Å²) >= 11 is 1.30. The molecule has 2 aliphatic heterocycles. The zero-order chi connectivity index (χ0) is 17.4. The highest BCUT2D eigenvalue weighted by Gasteiger charge is 2.34. The van der Waals surface area contributed by atoms with Crippen molar-refractivity contribution in [3.05, 3.63) is 40.7 Å². The van der Waals surface area contributed by atoms with Crippen LogP contribution in [-0.2, 0) is 0 Å². The average molecular weight is 396 g/mol. The first kappa shape index (κ1) is 18.9. The Hall–Kier alpha value is -1.83. The van der Waals surface area contributed by atoms with E-state index in [0.29, 0.717) is 22.0 Å². The third kappa shape index (κ3) is 3.95. The van der Waals surface area contributed by atoms with E-state index in [1.54, 1.807) is 12.1 Å². The highest BCUT2D eigenvalue weighted by Crippen LogP contribution is 2.29. The SMILES string of the molecule is Cc1cc(NC(=O)c2ccco2)sc1C(=O)NC1CC2CCC(C1)N2.Cl. The fourth-order valence-corrected chi connectivity index (χ4v) is 4.75. The second-order valence-corrected chi connectivity index (χ2v) is 7.89. The summed E-state index contributed by atoms with van der Waals surface area (Å²) in [5, 5.41) is 10.2. The van der Waals surface area contributed by atoms with Crippen LogP contribution in [0.2, 0.25) is 0 Å². The molecule has 0 spiro atoms. The number of fused-ring (bicyclic) bond motifs is 2. The van der Waals surface area contributed by atoms with E-state index in [2.05, 4.69) is 16.0 Å². The quantitative estimate of drug-likeness (QED) is 0.741. The third-order valence-corrected chi connectivity index (χ3v) is 6.07. The molecule has 2 aromatic heterocycles. The largest absolute Gasteiger partial charge is 0.459 e. The molecule has 6 nitrogen and oxygen atoms in total. The van der Waals surface area contributed by atoms with E-state index in [9.17, 15) is 9.59 Å². The number of halogens is 1. The van der Waals surface area contributed by atoms with E-state index < -0.39 is 0 Å². The van der Waals surface area contributed by atoms with Gasteiger partial charge in [0, 0.05) is 18.1 Å². The summed E-state index contributed by atoms with van der Waals surface area (Å²) in [5.74, 6) is -0.109. The molecule has 4 heterocycles. The minimum absolute atomic E-state index is 0. The van der Waals surface area contributed by atoms with E-state index >= 15 is 0 Å². The maximum absolute atomic E-state index is 12.6. The van der Waals surface area contributed by atoms with Crippen LogP contribution in [0, 0.1) is 6.92 Å². The average Bonchev–Trinajstić information content (AvgIpc) is 3.28. The van der Waals surface area contributed by atoms with Crippen LogP contribution in [0.15, 0.2) is 28.9 Å². The second kappa shape index (κ2) is 7.82. The number of carbonyl (C=O) groups is 2. The molecule has 4 rings (SSSR count). The Kier molecular flexibility index (Phi) is 5.70. The van der Waals surface area contributed by atoms with E-state index in [4.69, 9.17) is 4.42 Å². The van der Waals surface area contributed by atoms with Crippen molar-refractivity contribution >= 4 is 40.6 Å². The highest BCUT2D eigenvalue weighted by molar-refractivity contribution is 7.18. The van der Waals surface area contributed by atoms with Crippen LogP contribution in [0.5, 0.6) is 0 Å². The standard InChI is InChI=1S/C18H21N3O3S.ClH/c1-10-7-15(21-17(22)14-3-2-6-24-14)25-16(10)18(23)20-13-8-11-4-5-12(9-13)19-11;/h2-3,6-7,11-13,19H,4-5,8-9H2,1H3,(H,20,23)(H,21,22);1H. The van der Waals surface area contributed by atoms with Gasteiger partial charge < -0.3 is 20.4 Å². The number of nitrogens with one attached hydrogen (secondary N) is 3. The molecule has 0 radical (unpaired) electrons. The summed E-state index contributed by atoms with van der Waals surface area (Å²) in [6, 6.07) is 6.41. The van der Waals surface area contributed by atoms with Gasteiger partial charge in [-0.15, -0.1) is 23.7 Å². The van der Waals surface area contributed by atoms with Crippen LogP contribution < -0.4 is 16.0 Å². The first-order valence-electron chi connectivity index (χ1n) is 8.60. The van der Waals surface area contributed by atoms with Crippen LogP contribution in [0.3, 0.4) is 0 Å². The number of anilines is 1. The second-order valence-electron chi connectivity index (χ2n) is 6.83. The summed E-state index contributed by atoms with van der Waals surface area (Å²) in [7, 11) is 0.